The number of nitrogens with zero attached hydrogens (tertiary/aromatic N) is 1. The Morgan fingerprint density at radius 3 is 1.95 bits per heavy atom. The van der Waals surface area contributed by atoms with Crippen LogP contribution in [-0.4, -0.2) is 27.5 Å². The second-order valence-electron chi connectivity index (χ2n) is 4.19. The second-order valence-corrected chi connectivity index (χ2v) is 4.63. The first-order valence-corrected chi connectivity index (χ1v) is 6.65. The SMILES string of the molecule is COc1cc(C=Nc2ccc(Cl)cc2)cc(OC)c1OC. The summed E-state index contributed by atoms with van der Waals surface area (Å²) in [6.45, 7) is 0. The van der Waals surface area contributed by atoms with E-state index in [4.69, 9.17) is 25.8 Å². The van der Waals surface area contributed by atoms with Gasteiger partial charge in [0.05, 0.1) is 27.0 Å². The summed E-state index contributed by atoms with van der Waals surface area (Å²) in [7, 11) is 4.73. The lowest BCUT2D eigenvalue weighted by molar-refractivity contribution is 0.324. The average molecular weight is 306 g/mol. The van der Waals surface area contributed by atoms with Gasteiger partial charge in [-0.2, -0.15) is 0 Å². The summed E-state index contributed by atoms with van der Waals surface area (Å²) in [5, 5.41) is 0.682. The van der Waals surface area contributed by atoms with E-state index in [2.05, 4.69) is 4.99 Å². The van der Waals surface area contributed by atoms with E-state index in [9.17, 15) is 0 Å². The molecule has 21 heavy (non-hydrogen) atoms. The maximum absolute atomic E-state index is 5.84. The highest BCUT2D eigenvalue weighted by molar-refractivity contribution is 6.30. The molecule has 5 heteroatoms. The van der Waals surface area contributed by atoms with Crippen LogP contribution in [0.25, 0.3) is 0 Å². The van der Waals surface area contributed by atoms with Crippen molar-refractivity contribution in [2.45, 2.75) is 0 Å². The summed E-state index contributed by atoms with van der Waals surface area (Å²) in [5.41, 5.74) is 1.66. The molecule has 0 atom stereocenters. The molecule has 0 saturated heterocycles. The fraction of sp³-hybridized carbons (Fsp3) is 0.188. The van der Waals surface area contributed by atoms with E-state index in [1.165, 1.54) is 0 Å². The maximum Gasteiger partial charge on any atom is 0.203 e. The Labute approximate surface area is 128 Å². The molecule has 2 aromatic rings. The zero-order valence-electron chi connectivity index (χ0n) is 12.1. The van der Waals surface area contributed by atoms with E-state index in [1.807, 2.05) is 24.3 Å². The zero-order valence-corrected chi connectivity index (χ0v) is 12.8. The van der Waals surface area contributed by atoms with Crippen molar-refractivity contribution in [2.24, 2.45) is 4.99 Å². The molecule has 0 aliphatic heterocycles. The van der Waals surface area contributed by atoms with E-state index in [0.29, 0.717) is 22.3 Å². The van der Waals surface area contributed by atoms with Gasteiger partial charge in [0.15, 0.2) is 11.5 Å². The van der Waals surface area contributed by atoms with Gasteiger partial charge >= 0.3 is 0 Å². The highest BCUT2D eigenvalue weighted by Crippen LogP contribution is 2.37. The normalized spacial score (nSPS) is 10.7. The Bertz CT molecular complexity index is 613. The molecule has 0 radical (unpaired) electrons. The van der Waals surface area contributed by atoms with Gasteiger partial charge in [-0.15, -0.1) is 0 Å². The van der Waals surface area contributed by atoms with Crippen molar-refractivity contribution < 1.29 is 14.2 Å². The first kappa shape index (κ1) is 15.2. The highest BCUT2D eigenvalue weighted by atomic mass is 35.5. The van der Waals surface area contributed by atoms with Crippen LogP contribution in [0.4, 0.5) is 5.69 Å². The van der Waals surface area contributed by atoms with Gasteiger partial charge in [0.2, 0.25) is 5.75 Å². The van der Waals surface area contributed by atoms with Gasteiger partial charge < -0.3 is 14.2 Å². The van der Waals surface area contributed by atoms with Gasteiger partial charge in [-0.25, -0.2) is 0 Å². The fourth-order valence-corrected chi connectivity index (χ4v) is 1.98. The Morgan fingerprint density at radius 2 is 1.48 bits per heavy atom. The second kappa shape index (κ2) is 6.99. The smallest absolute Gasteiger partial charge is 0.203 e. The van der Waals surface area contributed by atoms with Crippen LogP contribution >= 0.6 is 11.6 Å². The minimum absolute atomic E-state index is 0.559. The summed E-state index contributed by atoms with van der Waals surface area (Å²) in [6.07, 6.45) is 1.73. The Kier molecular flexibility index (Phi) is 5.06. The third-order valence-electron chi connectivity index (χ3n) is 2.88. The van der Waals surface area contributed by atoms with E-state index in [0.717, 1.165) is 11.3 Å². The Hall–Kier alpha value is -2.20. The van der Waals surface area contributed by atoms with Crippen molar-refractivity contribution >= 4 is 23.5 Å². The predicted octanol–water partition coefficient (Wildman–Crippen LogP) is 4.12. The van der Waals surface area contributed by atoms with Crippen LogP contribution in [0.15, 0.2) is 41.4 Å². The van der Waals surface area contributed by atoms with Gasteiger partial charge in [-0.1, -0.05) is 11.6 Å². The number of hydrogen-bond donors (Lipinski definition) is 0. The number of rotatable bonds is 5. The number of methoxy groups -OCH3 is 3. The minimum atomic E-state index is 0.559. The molecule has 4 nitrogen and oxygen atoms in total. The third kappa shape index (κ3) is 3.67. The molecule has 0 N–H and O–H groups in total. The quantitative estimate of drug-likeness (QED) is 0.780. The maximum atomic E-state index is 5.84. The summed E-state index contributed by atoms with van der Waals surface area (Å²) < 4.78 is 15.9. The molecule has 0 saturated carbocycles. The van der Waals surface area contributed by atoms with Gasteiger partial charge in [0.25, 0.3) is 0 Å². The van der Waals surface area contributed by atoms with Crippen LogP contribution in [-0.2, 0) is 0 Å². The number of hydrogen-bond acceptors (Lipinski definition) is 4. The molecule has 0 fully saturated rings. The van der Waals surface area contributed by atoms with Crippen molar-refractivity contribution in [3.8, 4) is 17.2 Å². The van der Waals surface area contributed by atoms with Crippen LogP contribution < -0.4 is 14.2 Å². The zero-order chi connectivity index (χ0) is 15.2. The fourth-order valence-electron chi connectivity index (χ4n) is 1.85. The van der Waals surface area contributed by atoms with E-state index >= 15 is 0 Å². The largest absolute Gasteiger partial charge is 0.493 e. The summed E-state index contributed by atoms with van der Waals surface area (Å²) >= 11 is 5.84. The third-order valence-corrected chi connectivity index (χ3v) is 3.13. The standard InChI is InChI=1S/C16H16ClNO3/c1-19-14-8-11(9-15(20-2)16(14)21-3)10-18-13-6-4-12(17)5-7-13/h4-10H,1-3H3. The van der Waals surface area contributed by atoms with E-state index in [-0.39, 0.29) is 0 Å². The number of aliphatic imine (C=N–C) groups is 1. The lowest BCUT2D eigenvalue weighted by Gasteiger charge is -2.12. The van der Waals surface area contributed by atoms with Crippen LogP contribution in [0.5, 0.6) is 17.2 Å². The van der Waals surface area contributed by atoms with Crippen molar-refractivity contribution in [3.63, 3.8) is 0 Å². The molecule has 0 unspecified atom stereocenters. The van der Waals surface area contributed by atoms with E-state index in [1.54, 1.807) is 39.7 Å². The van der Waals surface area contributed by atoms with Crippen LogP contribution in [0.3, 0.4) is 0 Å². The molecule has 110 valence electrons. The lowest BCUT2D eigenvalue weighted by Crippen LogP contribution is -1.96. The summed E-state index contributed by atoms with van der Waals surface area (Å²) in [5.74, 6) is 1.74. The molecule has 0 heterocycles. The number of benzene rings is 2. The molecule has 2 aromatic carbocycles. The van der Waals surface area contributed by atoms with Gasteiger partial charge in [0.1, 0.15) is 0 Å². The van der Waals surface area contributed by atoms with Crippen LogP contribution in [0.2, 0.25) is 5.02 Å². The van der Waals surface area contributed by atoms with Crippen LogP contribution in [0, 0.1) is 0 Å². The molecule has 0 spiro atoms. The lowest BCUT2D eigenvalue weighted by atomic mass is 10.2. The molecular weight excluding hydrogens is 290 g/mol. The molecule has 2 rings (SSSR count). The van der Waals surface area contributed by atoms with E-state index < -0.39 is 0 Å². The molecule has 0 bridgehead atoms. The van der Waals surface area contributed by atoms with Gasteiger partial charge in [0, 0.05) is 16.8 Å². The Morgan fingerprint density at radius 1 is 0.905 bits per heavy atom. The predicted molar refractivity (Wildman–Crippen MR) is 84.8 cm³/mol. The number of ether oxygens (including phenoxy) is 3. The molecule has 0 aliphatic rings. The first-order valence-electron chi connectivity index (χ1n) is 6.27. The van der Waals surface area contributed by atoms with Gasteiger partial charge in [-0.05, 0) is 36.4 Å². The Balaban J connectivity index is 2.33. The topological polar surface area (TPSA) is 40.0 Å². The highest BCUT2D eigenvalue weighted by Gasteiger charge is 2.12. The molecular formula is C16H16ClNO3. The number of halogens is 1. The van der Waals surface area contributed by atoms with Crippen molar-refractivity contribution in [2.75, 3.05) is 21.3 Å². The van der Waals surface area contributed by atoms with Crippen LogP contribution in [0.1, 0.15) is 5.56 Å². The molecule has 0 aliphatic carbocycles. The van der Waals surface area contributed by atoms with Crippen molar-refractivity contribution in [1.29, 1.82) is 0 Å². The molecule has 0 amide bonds. The summed E-state index contributed by atoms with van der Waals surface area (Å²) in [6, 6.07) is 10.9. The minimum Gasteiger partial charge on any atom is -0.493 e. The molecule has 0 aromatic heterocycles. The van der Waals surface area contributed by atoms with Crippen molar-refractivity contribution in [3.05, 3.63) is 47.0 Å². The van der Waals surface area contributed by atoms with Crippen molar-refractivity contribution in [1.82, 2.24) is 0 Å². The summed E-state index contributed by atoms with van der Waals surface area (Å²) in [4.78, 5) is 4.39. The average Bonchev–Trinajstić information content (AvgIpc) is 2.53. The monoisotopic (exact) mass is 305 g/mol. The first-order chi connectivity index (χ1) is 10.2. The van der Waals surface area contributed by atoms with Gasteiger partial charge in [-0.3, -0.25) is 4.99 Å².